The third-order valence-corrected chi connectivity index (χ3v) is 5.36. The minimum atomic E-state index is -0.639. The average Bonchev–Trinajstić information content (AvgIpc) is 3.01. The van der Waals surface area contributed by atoms with Gasteiger partial charge in [-0.2, -0.15) is 0 Å². The van der Waals surface area contributed by atoms with Crippen molar-refractivity contribution in [2.45, 2.75) is 26.7 Å². The molecule has 154 valence electrons. The van der Waals surface area contributed by atoms with Crippen LogP contribution in [0.25, 0.3) is 5.70 Å². The fraction of sp³-hybridized carbons (Fsp3) is 0.250. The molecule has 0 saturated carbocycles. The number of esters is 1. The van der Waals surface area contributed by atoms with E-state index in [4.69, 9.17) is 9.47 Å². The van der Waals surface area contributed by atoms with Gasteiger partial charge in [0.2, 0.25) is 0 Å². The minimum Gasteiger partial charge on any atom is -0.504 e. The van der Waals surface area contributed by atoms with Crippen LogP contribution in [0.15, 0.2) is 59.3 Å². The molecule has 2 aromatic carbocycles. The predicted octanol–water partition coefficient (Wildman–Crippen LogP) is 3.92. The van der Waals surface area contributed by atoms with E-state index >= 15 is 0 Å². The molecule has 2 aliphatic rings. The molecule has 0 fully saturated rings. The molecular formula is C24H23NO5. The maximum atomic E-state index is 13.4. The van der Waals surface area contributed by atoms with E-state index in [1.807, 2.05) is 25.1 Å². The van der Waals surface area contributed by atoms with E-state index in [9.17, 15) is 14.7 Å². The number of dihydropyridines is 1. The Labute approximate surface area is 174 Å². The molecule has 1 heterocycles. The lowest BCUT2D eigenvalue weighted by atomic mass is 9.79. The molecule has 6 heteroatoms. The summed E-state index contributed by atoms with van der Waals surface area (Å²) in [7, 11) is 0. The van der Waals surface area contributed by atoms with E-state index in [0.29, 0.717) is 46.0 Å². The zero-order valence-corrected chi connectivity index (χ0v) is 17.1. The van der Waals surface area contributed by atoms with Gasteiger partial charge < -0.3 is 19.9 Å². The van der Waals surface area contributed by atoms with Crippen LogP contribution in [0.1, 0.15) is 48.2 Å². The van der Waals surface area contributed by atoms with Crippen molar-refractivity contribution in [1.82, 2.24) is 5.32 Å². The van der Waals surface area contributed by atoms with Crippen molar-refractivity contribution < 1.29 is 24.2 Å². The Kier molecular flexibility index (Phi) is 5.08. The Morgan fingerprint density at radius 1 is 1.10 bits per heavy atom. The highest BCUT2D eigenvalue weighted by Crippen LogP contribution is 2.47. The van der Waals surface area contributed by atoms with Crippen LogP contribution < -0.4 is 10.1 Å². The first-order valence-electron chi connectivity index (χ1n) is 9.96. The Morgan fingerprint density at radius 2 is 1.83 bits per heavy atom. The fourth-order valence-electron chi connectivity index (χ4n) is 4.12. The first kappa shape index (κ1) is 19.8. The molecule has 0 radical (unpaired) electrons. The summed E-state index contributed by atoms with van der Waals surface area (Å²) >= 11 is 0. The lowest BCUT2D eigenvalue weighted by molar-refractivity contribution is -0.138. The summed E-state index contributed by atoms with van der Waals surface area (Å²) < 4.78 is 10.9. The highest BCUT2D eigenvalue weighted by molar-refractivity contribution is 6.23. The molecule has 1 unspecified atom stereocenters. The lowest BCUT2D eigenvalue weighted by Crippen LogP contribution is -2.29. The second kappa shape index (κ2) is 7.71. The molecule has 1 aliphatic carbocycles. The van der Waals surface area contributed by atoms with Crippen LogP contribution in [0, 0.1) is 0 Å². The SMILES string of the molecule is CCOC(=O)C1=C(C)NC2=C(C(=O)c3ccccc32)C1c1ccc(O)c(OCC)c1. The number of benzene rings is 2. The van der Waals surface area contributed by atoms with Gasteiger partial charge >= 0.3 is 5.97 Å². The zero-order chi connectivity index (χ0) is 21.4. The molecule has 2 aromatic rings. The van der Waals surface area contributed by atoms with Crippen molar-refractivity contribution in [3.05, 3.63) is 76.0 Å². The van der Waals surface area contributed by atoms with Gasteiger partial charge in [0.1, 0.15) is 0 Å². The monoisotopic (exact) mass is 405 g/mol. The van der Waals surface area contributed by atoms with E-state index in [-0.39, 0.29) is 18.1 Å². The van der Waals surface area contributed by atoms with Gasteiger partial charge in [0.25, 0.3) is 0 Å². The molecule has 0 amide bonds. The van der Waals surface area contributed by atoms with Gasteiger partial charge in [-0.05, 0) is 38.5 Å². The highest BCUT2D eigenvalue weighted by Gasteiger charge is 2.43. The van der Waals surface area contributed by atoms with Crippen LogP contribution in [-0.4, -0.2) is 30.1 Å². The van der Waals surface area contributed by atoms with Crippen molar-refractivity contribution >= 4 is 17.4 Å². The third-order valence-electron chi connectivity index (χ3n) is 5.36. The third kappa shape index (κ3) is 3.05. The number of hydrogen-bond donors (Lipinski definition) is 2. The van der Waals surface area contributed by atoms with E-state index in [0.717, 1.165) is 5.56 Å². The standard InChI is InChI=1S/C24H23NO5/c1-4-29-18-12-14(10-11-17(18)26)20-19(24(28)30-5-2)13(3)25-22-15-8-6-7-9-16(15)23(27)21(20)22/h6-12,20,25-26H,4-5H2,1-3H3. The minimum absolute atomic E-state index is 0.00292. The fourth-order valence-corrected chi connectivity index (χ4v) is 4.12. The maximum Gasteiger partial charge on any atom is 0.336 e. The number of phenolic OH excluding ortho intramolecular Hbond substituents is 1. The summed E-state index contributed by atoms with van der Waals surface area (Å²) in [6.07, 6.45) is 0. The molecule has 30 heavy (non-hydrogen) atoms. The van der Waals surface area contributed by atoms with Crippen LogP contribution >= 0.6 is 0 Å². The second-order valence-corrected chi connectivity index (χ2v) is 7.14. The Bertz CT molecular complexity index is 1110. The quantitative estimate of drug-likeness (QED) is 0.734. The molecule has 1 atom stereocenters. The number of hydrogen-bond acceptors (Lipinski definition) is 6. The number of nitrogens with one attached hydrogen (secondary N) is 1. The van der Waals surface area contributed by atoms with Gasteiger partial charge in [0.15, 0.2) is 17.3 Å². The van der Waals surface area contributed by atoms with Crippen molar-refractivity contribution in [2.24, 2.45) is 0 Å². The summed E-state index contributed by atoms with van der Waals surface area (Å²) in [5, 5.41) is 13.4. The first-order valence-corrected chi connectivity index (χ1v) is 9.96. The molecule has 6 nitrogen and oxygen atoms in total. The smallest absolute Gasteiger partial charge is 0.336 e. The number of allylic oxidation sites excluding steroid dienone is 2. The molecule has 4 rings (SSSR count). The first-order chi connectivity index (χ1) is 14.5. The number of Topliss-reactive ketones (excluding diaryl/α,β-unsaturated/α-hetero) is 1. The van der Waals surface area contributed by atoms with E-state index in [1.165, 1.54) is 6.07 Å². The van der Waals surface area contributed by atoms with Gasteiger partial charge in [-0.15, -0.1) is 0 Å². The zero-order valence-electron chi connectivity index (χ0n) is 17.1. The number of ketones is 1. The summed E-state index contributed by atoms with van der Waals surface area (Å²) in [5.41, 5.74) is 4.30. The Balaban J connectivity index is 1.92. The van der Waals surface area contributed by atoms with Gasteiger partial charge in [0, 0.05) is 28.3 Å². The van der Waals surface area contributed by atoms with E-state index in [1.54, 1.807) is 32.0 Å². The van der Waals surface area contributed by atoms with Gasteiger partial charge in [0.05, 0.1) is 24.5 Å². The van der Waals surface area contributed by atoms with E-state index in [2.05, 4.69) is 5.32 Å². The molecule has 1 aliphatic heterocycles. The number of rotatable bonds is 5. The molecule has 0 spiro atoms. The highest BCUT2D eigenvalue weighted by atomic mass is 16.5. The summed E-state index contributed by atoms with van der Waals surface area (Å²) in [4.78, 5) is 26.3. The van der Waals surface area contributed by atoms with Crippen LogP contribution in [0.5, 0.6) is 11.5 Å². The van der Waals surface area contributed by atoms with Crippen molar-refractivity contribution in [3.63, 3.8) is 0 Å². The number of aromatic hydroxyl groups is 1. The molecule has 0 bridgehead atoms. The van der Waals surface area contributed by atoms with Crippen molar-refractivity contribution in [2.75, 3.05) is 13.2 Å². The number of phenols is 1. The Morgan fingerprint density at radius 3 is 2.53 bits per heavy atom. The molecule has 0 aromatic heterocycles. The normalized spacial score (nSPS) is 17.4. The largest absolute Gasteiger partial charge is 0.504 e. The predicted molar refractivity (Wildman–Crippen MR) is 112 cm³/mol. The van der Waals surface area contributed by atoms with Crippen molar-refractivity contribution in [3.8, 4) is 11.5 Å². The van der Waals surface area contributed by atoms with Gasteiger partial charge in [-0.1, -0.05) is 30.3 Å². The molecule has 0 saturated heterocycles. The van der Waals surface area contributed by atoms with Gasteiger partial charge in [-0.3, -0.25) is 4.79 Å². The topological polar surface area (TPSA) is 84.9 Å². The number of fused-ring (bicyclic) bond motifs is 2. The van der Waals surface area contributed by atoms with E-state index < -0.39 is 11.9 Å². The number of carbonyl (C=O) groups excluding carboxylic acids is 2. The maximum absolute atomic E-state index is 13.4. The number of carbonyl (C=O) groups is 2. The lowest BCUT2D eigenvalue weighted by Gasteiger charge is -2.29. The van der Waals surface area contributed by atoms with Crippen LogP contribution in [0.2, 0.25) is 0 Å². The van der Waals surface area contributed by atoms with Crippen LogP contribution in [0.4, 0.5) is 0 Å². The van der Waals surface area contributed by atoms with Crippen LogP contribution in [-0.2, 0) is 9.53 Å². The molecular weight excluding hydrogens is 382 g/mol. The number of ether oxygens (including phenoxy) is 2. The summed E-state index contributed by atoms with van der Waals surface area (Å²) in [5.74, 6) is -0.935. The molecule has 2 N–H and O–H groups in total. The summed E-state index contributed by atoms with van der Waals surface area (Å²) in [6, 6.07) is 12.3. The van der Waals surface area contributed by atoms with Gasteiger partial charge in [-0.25, -0.2) is 4.79 Å². The second-order valence-electron chi connectivity index (χ2n) is 7.14. The van der Waals surface area contributed by atoms with Crippen molar-refractivity contribution in [1.29, 1.82) is 0 Å². The summed E-state index contributed by atoms with van der Waals surface area (Å²) in [6.45, 7) is 5.97. The average molecular weight is 405 g/mol. The van der Waals surface area contributed by atoms with Crippen LogP contribution in [0.3, 0.4) is 0 Å². The Hall–Kier alpha value is -3.54.